The van der Waals surface area contributed by atoms with E-state index in [9.17, 15) is 30.6 Å². The standard InChI is InChI=1S/C79H54N8O14S4/c1-3-86-67(88)65(104-69(86)53(37-80)38-81)84-57-35-55-59(77(57,71(90)96-41-47-23-11-5-12-24-47)72(91)97-42-48-25-13-6-14-26-48)61-63(102-55)64-62(79(61,75(94)100-45-51-31-19-9-20-32-51)76(95)101-46-52-33-21-10-22-34-52)60-56(103-64)36-58(85-66-68(89)87(4-2)70(105-66)54(39-82)40-83)78(60,73(92)98-43-49-27-15-7-16-28-49)74(93)99-44-50-29-17-8-18-30-50/h5-36H,3-4,41-46H2,1-2H3/b84-65-,85-66-. The molecule has 105 heavy (non-hydrogen) atoms. The van der Waals surface area contributed by atoms with Crippen LogP contribution in [0, 0.1) is 45.3 Å². The number of carbonyl (C=O) groups is 8. The zero-order valence-corrected chi connectivity index (χ0v) is 58.8. The zero-order valence-electron chi connectivity index (χ0n) is 55.6. The molecule has 2 amide bonds. The number of thioether (sulfide) groups is 2. The summed E-state index contributed by atoms with van der Waals surface area (Å²) < 4.78 is 38.4. The van der Waals surface area contributed by atoms with Crippen molar-refractivity contribution >= 4 is 116 Å². The van der Waals surface area contributed by atoms with Crippen LogP contribution in [0.2, 0.25) is 0 Å². The first-order valence-electron chi connectivity index (χ1n) is 32.4. The molecular weight excluding hydrogens is 1410 g/mol. The van der Waals surface area contributed by atoms with Crippen molar-refractivity contribution in [1.29, 1.82) is 21.0 Å². The normalized spacial score (nSPS) is 15.9. The monoisotopic (exact) mass is 1470 g/mol. The number of aliphatic imine (C=N–C) groups is 2. The molecule has 0 unspecified atom stereocenters. The average molecular weight is 1470 g/mol. The predicted octanol–water partition coefficient (Wildman–Crippen LogP) is 12.2. The fourth-order valence-corrected chi connectivity index (χ4v) is 17.7. The maximum absolute atomic E-state index is 17.2. The molecule has 26 heteroatoms. The molecule has 5 aliphatic rings. The number of fused-ring (bicyclic) bond motifs is 7. The van der Waals surface area contributed by atoms with Crippen LogP contribution in [0.15, 0.2) is 225 Å². The molecule has 22 nitrogen and oxygen atoms in total. The highest BCUT2D eigenvalue weighted by Crippen LogP contribution is 2.68. The highest BCUT2D eigenvalue weighted by atomic mass is 32.2. The molecule has 4 heterocycles. The molecule has 6 aromatic carbocycles. The number of amides is 2. The number of esters is 6. The predicted molar refractivity (Wildman–Crippen MR) is 386 cm³/mol. The highest BCUT2D eigenvalue weighted by molar-refractivity contribution is 8.20. The number of hydrogen-bond donors (Lipinski definition) is 0. The summed E-state index contributed by atoms with van der Waals surface area (Å²) in [6.45, 7) is -0.259. The maximum atomic E-state index is 17.2. The first-order chi connectivity index (χ1) is 51.1. The van der Waals surface area contributed by atoms with E-state index in [0.717, 1.165) is 32.5 Å². The Balaban J connectivity index is 1.15. The van der Waals surface area contributed by atoms with E-state index in [1.807, 2.05) is 24.3 Å². The quantitative estimate of drug-likeness (QED) is 0.0263. The largest absolute Gasteiger partial charge is 0.459 e. The number of allylic oxidation sites excluding steroid dienone is 2. The Bertz CT molecular complexity index is 4820. The highest BCUT2D eigenvalue weighted by Gasteiger charge is 2.72. The summed E-state index contributed by atoms with van der Waals surface area (Å²) in [4.78, 5) is 143. The van der Waals surface area contributed by atoms with Gasteiger partial charge in [-0.2, -0.15) is 21.0 Å². The third-order valence-corrected chi connectivity index (χ3v) is 22.3. The first-order valence-corrected chi connectivity index (χ1v) is 35.7. The second-order valence-electron chi connectivity index (χ2n) is 23.7. The minimum absolute atomic E-state index is 0.0240. The molecule has 2 saturated heterocycles. The van der Waals surface area contributed by atoms with Crippen LogP contribution in [0.5, 0.6) is 0 Å². The van der Waals surface area contributed by atoms with Crippen LogP contribution in [0.1, 0.15) is 79.2 Å². The summed E-state index contributed by atoms with van der Waals surface area (Å²) in [6, 6.07) is 57.5. The number of nitriles is 4. The van der Waals surface area contributed by atoms with Crippen molar-refractivity contribution in [2.45, 2.75) is 69.7 Å². The first kappa shape index (κ1) is 70.9. The lowest BCUT2D eigenvalue weighted by Gasteiger charge is -2.35. The molecule has 2 aromatic heterocycles. The van der Waals surface area contributed by atoms with Crippen LogP contribution in [-0.2, 0) is 123 Å². The van der Waals surface area contributed by atoms with E-state index >= 15 is 28.8 Å². The number of thiophene rings is 2. The fraction of sp³-hybridized carbons (Fsp3) is 0.165. The van der Waals surface area contributed by atoms with Gasteiger partial charge in [0.05, 0.1) is 21.1 Å². The lowest BCUT2D eigenvalue weighted by atomic mass is 9.67. The van der Waals surface area contributed by atoms with Gasteiger partial charge in [-0.25, -0.2) is 9.98 Å². The topological polar surface area (TPSA) is 318 Å². The van der Waals surface area contributed by atoms with Gasteiger partial charge in [0.1, 0.15) is 74.0 Å². The number of carbonyl (C=O) groups excluding carboxylic acids is 8. The SMILES string of the molecule is CCN1C(=O)/C(=N/C2=Cc3sc4c(c3C2(C(=O)OCc2ccccc2)C(=O)OCc2ccccc2)C(C(=O)OCc2ccccc2)(C(=O)OCc2ccccc2)c2c-4sc3c2C(C(=O)OCc2ccccc2)(C(=O)OCc2ccccc2)C(/N=C2\SC(=C(C#N)C#N)N(CC)C2=O)=C3)SC1=C(C#N)C#N. The molecule has 13 rings (SSSR count). The molecule has 518 valence electrons. The Hall–Kier alpha value is -12.6. The lowest BCUT2D eigenvalue weighted by Crippen LogP contribution is -2.53. The molecule has 0 saturated carbocycles. The number of ether oxygens (including phenoxy) is 6. The van der Waals surface area contributed by atoms with E-state index in [1.165, 1.54) is 12.2 Å². The van der Waals surface area contributed by atoms with Crippen LogP contribution in [0.3, 0.4) is 0 Å². The third-order valence-electron chi connectivity index (χ3n) is 17.7. The van der Waals surface area contributed by atoms with Gasteiger partial charge in [-0.3, -0.25) is 48.2 Å². The molecule has 0 radical (unpaired) electrons. The molecule has 0 spiro atoms. The van der Waals surface area contributed by atoms with Crippen molar-refractivity contribution in [3.05, 3.63) is 280 Å². The smallest absolute Gasteiger partial charge is 0.334 e. The second-order valence-corrected chi connectivity index (χ2v) is 27.8. The van der Waals surface area contributed by atoms with Crippen molar-refractivity contribution in [2.24, 2.45) is 9.98 Å². The van der Waals surface area contributed by atoms with E-state index in [4.69, 9.17) is 38.4 Å². The van der Waals surface area contributed by atoms with Gasteiger partial charge in [-0.05, 0) is 82.9 Å². The average Bonchev–Trinajstić information content (AvgIpc) is 1.48. The van der Waals surface area contributed by atoms with Crippen LogP contribution in [-0.4, -0.2) is 80.6 Å². The van der Waals surface area contributed by atoms with Crippen molar-refractivity contribution < 1.29 is 66.8 Å². The number of nitrogens with zero attached hydrogens (tertiary/aromatic N) is 8. The van der Waals surface area contributed by atoms with Gasteiger partial charge >= 0.3 is 35.8 Å². The summed E-state index contributed by atoms with van der Waals surface area (Å²) in [5.74, 6) is -10.3. The molecule has 2 aliphatic heterocycles. The van der Waals surface area contributed by atoms with Crippen LogP contribution in [0.4, 0.5) is 0 Å². The van der Waals surface area contributed by atoms with Gasteiger partial charge in [0.15, 0.2) is 21.2 Å². The third kappa shape index (κ3) is 12.5. The number of hydrogen-bond acceptors (Lipinski definition) is 24. The van der Waals surface area contributed by atoms with Crippen LogP contribution >= 0.6 is 46.2 Å². The van der Waals surface area contributed by atoms with Gasteiger partial charge in [-0.1, -0.05) is 182 Å². The summed E-state index contributed by atoms with van der Waals surface area (Å²) in [5.41, 5.74) is -11.0. The number of rotatable bonds is 22. The van der Waals surface area contributed by atoms with Gasteiger partial charge in [0, 0.05) is 45.1 Å². The maximum Gasteiger partial charge on any atom is 0.334 e. The Kier molecular flexibility index (Phi) is 20.4. The molecule has 0 atom stereocenters. The van der Waals surface area contributed by atoms with Crippen molar-refractivity contribution in [3.8, 4) is 34.0 Å². The lowest BCUT2D eigenvalue weighted by molar-refractivity contribution is -0.168. The van der Waals surface area contributed by atoms with Gasteiger partial charge in [0.25, 0.3) is 11.8 Å². The number of benzene rings is 6. The van der Waals surface area contributed by atoms with E-state index in [0.29, 0.717) is 56.9 Å². The molecule has 2 fully saturated rings. The molecular formula is C79H54N8O14S4. The Morgan fingerprint density at radius 1 is 0.371 bits per heavy atom. The van der Waals surface area contributed by atoms with Crippen molar-refractivity contribution in [3.63, 3.8) is 0 Å². The Labute approximate surface area is 616 Å². The summed E-state index contributed by atoms with van der Waals surface area (Å²) >= 11 is 2.89. The summed E-state index contributed by atoms with van der Waals surface area (Å²) in [7, 11) is 0. The zero-order chi connectivity index (χ0) is 73.6. The van der Waals surface area contributed by atoms with Crippen LogP contribution < -0.4 is 0 Å². The summed E-state index contributed by atoms with van der Waals surface area (Å²) in [6.07, 6.45) is 2.61. The molecule has 0 bridgehead atoms. The van der Waals surface area contributed by atoms with E-state index in [-0.39, 0.29) is 42.7 Å². The fourth-order valence-electron chi connectivity index (χ4n) is 12.8. The van der Waals surface area contributed by atoms with Crippen LogP contribution in [0.25, 0.3) is 21.9 Å². The van der Waals surface area contributed by atoms with Gasteiger partial charge in [0.2, 0.25) is 16.2 Å². The van der Waals surface area contributed by atoms with Crippen molar-refractivity contribution in [2.75, 3.05) is 13.1 Å². The van der Waals surface area contributed by atoms with E-state index < -0.39 is 158 Å². The van der Waals surface area contributed by atoms with E-state index in [1.54, 1.807) is 196 Å². The Morgan fingerprint density at radius 3 is 0.838 bits per heavy atom. The minimum Gasteiger partial charge on any atom is -0.459 e. The summed E-state index contributed by atoms with van der Waals surface area (Å²) in [5, 5.41) is 39.7. The Morgan fingerprint density at radius 2 is 0.610 bits per heavy atom. The molecule has 3 aliphatic carbocycles. The molecule has 0 N–H and O–H groups in total. The molecule has 8 aromatic rings. The van der Waals surface area contributed by atoms with Gasteiger partial charge in [-0.15, -0.1) is 22.7 Å². The minimum atomic E-state index is -3.26. The van der Waals surface area contributed by atoms with Gasteiger partial charge < -0.3 is 28.4 Å². The van der Waals surface area contributed by atoms with E-state index in [2.05, 4.69) is 0 Å². The van der Waals surface area contributed by atoms with Crippen molar-refractivity contribution in [1.82, 2.24) is 9.80 Å². The second kappa shape index (κ2) is 30.2.